The van der Waals surface area contributed by atoms with Crippen molar-refractivity contribution in [1.29, 1.82) is 0 Å². The Bertz CT molecular complexity index is 588. The van der Waals surface area contributed by atoms with Gasteiger partial charge in [-0.05, 0) is 42.3 Å². The lowest BCUT2D eigenvalue weighted by Gasteiger charge is -2.31. The number of rotatable bonds is 2. The van der Waals surface area contributed by atoms with Crippen molar-refractivity contribution in [3.63, 3.8) is 0 Å². The van der Waals surface area contributed by atoms with E-state index >= 15 is 0 Å². The highest BCUT2D eigenvalue weighted by molar-refractivity contribution is 7.10. The lowest BCUT2D eigenvalue weighted by atomic mass is 9.95. The van der Waals surface area contributed by atoms with Crippen LogP contribution in [-0.2, 0) is 0 Å². The van der Waals surface area contributed by atoms with E-state index in [4.69, 9.17) is 11.6 Å². The van der Waals surface area contributed by atoms with E-state index in [1.165, 1.54) is 4.88 Å². The molecule has 0 radical (unpaired) electrons. The number of hydrogen-bond acceptors (Lipinski definition) is 2. The second-order valence-corrected chi connectivity index (χ2v) is 6.45. The molecule has 2 nitrogen and oxygen atoms in total. The number of nitrogens with zero attached hydrogens (tertiary/aromatic N) is 1. The summed E-state index contributed by atoms with van der Waals surface area (Å²) in [4.78, 5) is 15.8. The van der Waals surface area contributed by atoms with Gasteiger partial charge in [-0.15, -0.1) is 11.3 Å². The fraction of sp³-hybridized carbons (Fsp3) is 0.312. The zero-order chi connectivity index (χ0) is 13.9. The third kappa shape index (κ3) is 2.74. The average molecular weight is 306 g/mol. The topological polar surface area (TPSA) is 20.3 Å². The van der Waals surface area contributed by atoms with Crippen molar-refractivity contribution in [3.05, 3.63) is 57.2 Å². The first-order valence-electron chi connectivity index (χ1n) is 6.83. The van der Waals surface area contributed by atoms with Crippen LogP contribution in [0.25, 0.3) is 0 Å². The highest BCUT2D eigenvalue weighted by Gasteiger charge is 2.25. The predicted molar refractivity (Wildman–Crippen MR) is 83.6 cm³/mol. The molecule has 2 aromatic rings. The minimum Gasteiger partial charge on any atom is -0.339 e. The molecule has 0 aliphatic carbocycles. The summed E-state index contributed by atoms with van der Waals surface area (Å²) in [6, 6.07) is 11.6. The van der Waals surface area contributed by atoms with Gasteiger partial charge >= 0.3 is 0 Å². The Kier molecular flexibility index (Phi) is 4.08. The molecule has 2 heterocycles. The van der Waals surface area contributed by atoms with E-state index in [9.17, 15) is 4.79 Å². The first-order valence-corrected chi connectivity index (χ1v) is 8.08. The van der Waals surface area contributed by atoms with Gasteiger partial charge < -0.3 is 4.90 Å². The van der Waals surface area contributed by atoms with E-state index in [0.29, 0.717) is 16.5 Å². The summed E-state index contributed by atoms with van der Waals surface area (Å²) in [5.41, 5.74) is 0.615. The Morgan fingerprint density at radius 3 is 2.55 bits per heavy atom. The highest BCUT2D eigenvalue weighted by atomic mass is 35.5. The number of thiophene rings is 1. The molecule has 1 fully saturated rings. The zero-order valence-electron chi connectivity index (χ0n) is 11.1. The number of piperidine rings is 1. The van der Waals surface area contributed by atoms with Crippen molar-refractivity contribution in [2.75, 3.05) is 13.1 Å². The Balaban J connectivity index is 1.66. The van der Waals surface area contributed by atoms with Crippen LogP contribution in [0.1, 0.15) is 34.0 Å². The molecule has 3 rings (SSSR count). The molecule has 0 spiro atoms. The SMILES string of the molecule is O=C(c1ccccc1Cl)N1CCC(c2cccs2)CC1. The summed E-state index contributed by atoms with van der Waals surface area (Å²) < 4.78 is 0. The number of carbonyl (C=O) groups excluding carboxylic acids is 1. The normalized spacial score (nSPS) is 16.4. The molecule has 1 aromatic carbocycles. The molecule has 104 valence electrons. The summed E-state index contributed by atoms with van der Waals surface area (Å²) >= 11 is 7.92. The quantitative estimate of drug-likeness (QED) is 0.804. The van der Waals surface area contributed by atoms with Gasteiger partial charge in [0.1, 0.15) is 0 Å². The van der Waals surface area contributed by atoms with Gasteiger partial charge in [0.05, 0.1) is 10.6 Å². The molecule has 1 saturated heterocycles. The third-order valence-corrected chi connectivity index (χ3v) is 5.20. The number of likely N-dealkylation sites (tertiary alicyclic amines) is 1. The minimum atomic E-state index is 0.0558. The third-order valence-electron chi connectivity index (χ3n) is 3.83. The van der Waals surface area contributed by atoms with Gasteiger partial charge in [0, 0.05) is 18.0 Å². The lowest BCUT2D eigenvalue weighted by molar-refractivity contribution is 0.0714. The van der Waals surface area contributed by atoms with Crippen LogP contribution in [0.2, 0.25) is 5.02 Å². The predicted octanol–water partition coefficient (Wildman–Crippen LogP) is 4.42. The maximum absolute atomic E-state index is 12.5. The van der Waals surface area contributed by atoms with Gasteiger partial charge in [0.15, 0.2) is 0 Å². The molecule has 0 N–H and O–H groups in total. The van der Waals surface area contributed by atoms with Crippen LogP contribution < -0.4 is 0 Å². The molecule has 0 atom stereocenters. The van der Waals surface area contributed by atoms with E-state index < -0.39 is 0 Å². The molecular weight excluding hydrogens is 290 g/mol. The molecular formula is C16H16ClNOS. The smallest absolute Gasteiger partial charge is 0.255 e. The van der Waals surface area contributed by atoms with Crippen molar-refractivity contribution in [2.45, 2.75) is 18.8 Å². The molecule has 0 saturated carbocycles. The van der Waals surface area contributed by atoms with Crippen LogP contribution in [0.15, 0.2) is 41.8 Å². The fourth-order valence-electron chi connectivity index (χ4n) is 2.70. The standard InChI is InChI=1S/C16H16ClNOS/c17-14-5-2-1-4-13(14)16(19)18-9-7-12(8-10-18)15-6-3-11-20-15/h1-6,11-12H,7-10H2. The van der Waals surface area contributed by atoms with E-state index in [0.717, 1.165) is 25.9 Å². The van der Waals surface area contributed by atoms with Crippen LogP contribution in [-0.4, -0.2) is 23.9 Å². The summed E-state index contributed by atoms with van der Waals surface area (Å²) in [6.07, 6.45) is 2.08. The Labute approximate surface area is 128 Å². The first kappa shape index (κ1) is 13.7. The van der Waals surface area contributed by atoms with Crippen LogP contribution in [0, 0.1) is 0 Å². The summed E-state index contributed by atoms with van der Waals surface area (Å²) in [5.74, 6) is 0.658. The fourth-order valence-corrected chi connectivity index (χ4v) is 3.81. The Morgan fingerprint density at radius 2 is 1.90 bits per heavy atom. The molecule has 1 aromatic heterocycles. The molecule has 1 amide bonds. The average Bonchev–Trinajstić information content (AvgIpc) is 3.01. The number of benzene rings is 1. The van der Waals surface area contributed by atoms with Gasteiger partial charge in [0.2, 0.25) is 0 Å². The molecule has 4 heteroatoms. The van der Waals surface area contributed by atoms with Gasteiger partial charge in [-0.25, -0.2) is 0 Å². The maximum Gasteiger partial charge on any atom is 0.255 e. The monoisotopic (exact) mass is 305 g/mol. The van der Waals surface area contributed by atoms with E-state index in [-0.39, 0.29) is 5.91 Å². The minimum absolute atomic E-state index is 0.0558. The van der Waals surface area contributed by atoms with Crippen LogP contribution >= 0.6 is 22.9 Å². The summed E-state index contributed by atoms with van der Waals surface area (Å²) in [5, 5.41) is 2.66. The number of halogens is 1. The lowest BCUT2D eigenvalue weighted by Crippen LogP contribution is -2.37. The number of amides is 1. The first-order chi connectivity index (χ1) is 9.75. The van der Waals surface area contributed by atoms with Crippen molar-refractivity contribution >= 4 is 28.8 Å². The summed E-state index contributed by atoms with van der Waals surface area (Å²) in [6.45, 7) is 1.62. The molecule has 0 unspecified atom stereocenters. The molecule has 0 bridgehead atoms. The van der Waals surface area contributed by atoms with Crippen LogP contribution in [0.3, 0.4) is 0 Å². The van der Waals surface area contributed by atoms with Crippen molar-refractivity contribution < 1.29 is 4.79 Å². The Morgan fingerprint density at radius 1 is 1.15 bits per heavy atom. The van der Waals surface area contributed by atoms with Crippen LogP contribution in [0.5, 0.6) is 0 Å². The van der Waals surface area contributed by atoms with Crippen molar-refractivity contribution in [1.82, 2.24) is 4.90 Å². The van der Waals surface area contributed by atoms with E-state index in [1.54, 1.807) is 12.1 Å². The van der Waals surface area contributed by atoms with Crippen LogP contribution in [0.4, 0.5) is 0 Å². The Hall–Kier alpha value is -1.32. The van der Waals surface area contributed by atoms with Gasteiger partial charge in [-0.3, -0.25) is 4.79 Å². The largest absolute Gasteiger partial charge is 0.339 e. The second kappa shape index (κ2) is 5.98. The van der Waals surface area contributed by atoms with E-state index in [1.807, 2.05) is 28.4 Å². The maximum atomic E-state index is 12.5. The van der Waals surface area contributed by atoms with Crippen molar-refractivity contribution in [3.8, 4) is 0 Å². The van der Waals surface area contributed by atoms with Crippen molar-refractivity contribution in [2.24, 2.45) is 0 Å². The van der Waals surface area contributed by atoms with Gasteiger partial charge in [-0.1, -0.05) is 29.8 Å². The van der Waals surface area contributed by atoms with E-state index in [2.05, 4.69) is 17.5 Å². The molecule has 1 aliphatic heterocycles. The number of hydrogen-bond donors (Lipinski definition) is 0. The van der Waals surface area contributed by atoms with Gasteiger partial charge in [-0.2, -0.15) is 0 Å². The van der Waals surface area contributed by atoms with Gasteiger partial charge in [0.25, 0.3) is 5.91 Å². The number of carbonyl (C=O) groups is 1. The molecule has 1 aliphatic rings. The summed E-state index contributed by atoms with van der Waals surface area (Å²) in [7, 11) is 0. The zero-order valence-corrected chi connectivity index (χ0v) is 12.7. The second-order valence-electron chi connectivity index (χ2n) is 5.06. The highest BCUT2D eigenvalue weighted by Crippen LogP contribution is 2.31. The molecule has 20 heavy (non-hydrogen) atoms.